The summed E-state index contributed by atoms with van der Waals surface area (Å²) in [5.41, 5.74) is 0. The maximum Gasteiger partial charge on any atom is 0.118 e. The standard InChI is InChI=1S/C15H23NO2S/c1-3-16-15(12-8-9-18-10-12)11-19-14-6-4-13(17-2)5-7-14/h4-7,12,15-16H,3,8-11H2,1-2H3. The largest absolute Gasteiger partial charge is 0.497 e. The van der Waals surface area contributed by atoms with E-state index in [4.69, 9.17) is 9.47 Å². The molecule has 2 atom stereocenters. The van der Waals surface area contributed by atoms with Crippen molar-refractivity contribution in [3.8, 4) is 5.75 Å². The molecule has 106 valence electrons. The second kappa shape index (κ2) is 7.78. The summed E-state index contributed by atoms with van der Waals surface area (Å²) in [4.78, 5) is 1.29. The van der Waals surface area contributed by atoms with E-state index in [1.807, 2.05) is 23.9 Å². The quantitative estimate of drug-likeness (QED) is 0.779. The summed E-state index contributed by atoms with van der Waals surface area (Å²) >= 11 is 1.90. The third-order valence-electron chi connectivity index (χ3n) is 3.49. The van der Waals surface area contributed by atoms with Crippen LogP contribution in [0.1, 0.15) is 13.3 Å². The fraction of sp³-hybridized carbons (Fsp3) is 0.600. The number of hydrogen-bond donors (Lipinski definition) is 1. The molecular formula is C15H23NO2S. The van der Waals surface area contributed by atoms with Gasteiger partial charge < -0.3 is 14.8 Å². The van der Waals surface area contributed by atoms with Crippen molar-refractivity contribution in [2.24, 2.45) is 5.92 Å². The Bertz CT molecular complexity index is 363. The zero-order valence-corrected chi connectivity index (χ0v) is 12.5. The second-order valence-electron chi connectivity index (χ2n) is 4.77. The molecule has 1 aliphatic heterocycles. The van der Waals surface area contributed by atoms with Gasteiger partial charge in [-0.1, -0.05) is 6.92 Å². The summed E-state index contributed by atoms with van der Waals surface area (Å²) in [6.45, 7) is 5.01. The minimum absolute atomic E-state index is 0.541. The summed E-state index contributed by atoms with van der Waals surface area (Å²) in [5.74, 6) is 2.66. The fourth-order valence-electron chi connectivity index (χ4n) is 2.35. The van der Waals surface area contributed by atoms with E-state index in [0.29, 0.717) is 12.0 Å². The molecule has 1 heterocycles. The third kappa shape index (κ3) is 4.41. The highest BCUT2D eigenvalue weighted by Gasteiger charge is 2.24. The van der Waals surface area contributed by atoms with Crippen LogP contribution in [0.2, 0.25) is 0 Å². The number of rotatable bonds is 7. The van der Waals surface area contributed by atoms with Crippen molar-refractivity contribution in [1.82, 2.24) is 5.32 Å². The highest BCUT2D eigenvalue weighted by Crippen LogP contribution is 2.25. The van der Waals surface area contributed by atoms with Gasteiger partial charge in [0.2, 0.25) is 0 Å². The Labute approximate surface area is 120 Å². The van der Waals surface area contributed by atoms with Crippen molar-refractivity contribution in [3.05, 3.63) is 24.3 Å². The van der Waals surface area contributed by atoms with E-state index in [2.05, 4.69) is 24.4 Å². The fourth-order valence-corrected chi connectivity index (χ4v) is 3.44. The van der Waals surface area contributed by atoms with Crippen molar-refractivity contribution in [3.63, 3.8) is 0 Å². The molecule has 0 aromatic heterocycles. The van der Waals surface area contributed by atoms with Gasteiger partial charge in [-0.2, -0.15) is 0 Å². The van der Waals surface area contributed by atoms with Crippen LogP contribution in [0.5, 0.6) is 5.75 Å². The molecule has 0 radical (unpaired) electrons. The Hall–Kier alpha value is -0.710. The van der Waals surface area contributed by atoms with Crippen molar-refractivity contribution >= 4 is 11.8 Å². The Kier molecular flexibility index (Phi) is 6.01. The molecule has 0 amide bonds. The first-order chi connectivity index (χ1) is 9.33. The van der Waals surface area contributed by atoms with Crippen LogP contribution in [0.4, 0.5) is 0 Å². The summed E-state index contributed by atoms with van der Waals surface area (Å²) in [6, 6.07) is 8.82. The minimum Gasteiger partial charge on any atom is -0.497 e. The van der Waals surface area contributed by atoms with E-state index in [1.54, 1.807) is 7.11 Å². The van der Waals surface area contributed by atoms with Gasteiger partial charge in [0.05, 0.1) is 13.7 Å². The highest BCUT2D eigenvalue weighted by atomic mass is 32.2. The number of nitrogens with one attached hydrogen (secondary N) is 1. The molecule has 1 aromatic carbocycles. The molecule has 3 nitrogen and oxygen atoms in total. The zero-order valence-electron chi connectivity index (χ0n) is 11.7. The van der Waals surface area contributed by atoms with Gasteiger partial charge in [0.15, 0.2) is 0 Å². The van der Waals surface area contributed by atoms with Crippen molar-refractivity contribution < 1.29 is 9.47 Å². The van der Waals surface area contributed by atoms with Crippen LogP contribution in [0.3, 0.4) is 0 Å². The number of thioether (sulfide) groups is 1. The summed E-state index contributed by atoms with van der Waals surface area (Å²) in [5, 5.41) is 3.59. The molecule has 1 N–H and O–H groups in total. The van der Waals surface area contributed by atoms with Crippen LogP contribution < -0.4 is 10.1 Å². The zero-order chi connectivity index (χ0) is 13.5. The van der Waals surface area contributed by atoms with Crippen LogP contribution in [0.15, 0.2) is 29.2 Å². The molecule has 2 rings (SSSR count). The first kappa shape index (κ1) is 14.7. The maximum atomic E-state index is 5.50. The average molecular weight is 281 g/mol. The Morgan fingerprint density at radius 3 is 2.79 bits per heavy atom. The average Bonchev–Trinajstić information content (AvgIpc) is 2.98. The number of hydrogen-bond acceptors (Lipinski definition) is 4. The van der Waals surface area contributed by atoms with Crippen molar-refractivity contribution in [1.29, 1.82) is 0 Å². The predicted molar refractivity (Wildman–Crippen MR) is 80.1 cm³/mol. The topological polar surface area (TPSA) is 30.5 Å². The SMILES string of the molecule is CCNC(CSc1ccc(OC)cc1)C1CCOC1. The second-order valence-corrected chi connectivity index (χ2v) is 5.87. The lowest BCUT2D eigenvalue weighted by Gasteiger charge is -2.22. The first-order valence-electron chi connectivity index (χ1n) is 6.91. The van der Waals surface area contributed by atoms with E-state index in [1.165, 1.54) is 11.3 Å². The van der Waals surface area contributed by atoms with E-state index in [-0.39, 0.29) is 0 Å². The number of benzene rings is 1. The Morgan fingerprint density at radius 1 is 1.42 bits per heavy atom. The van der Waals surface area contributed by atoms with Crippen LogP contribution >= 0.6 is 11.8 Å². The van der Waals surface area contributed by atoms with Crippen LogP contribution in [0.25, 0.3) is 0 Å². The summed E-state index contributed by atoms with van der Waals surface area (Å²) in [6.07, 6.45) is 1.18. The minimum atomic E-state index is 0.541. The molecule has 1 saturated heterocycles. The van der Waals surface area contributed by atoms with Gasteiger partial charge in [0.25, 0.3) is 0 Å². The van der Waals surface area contributed by atoms with E-state index >= 15 is 0 Å². The summed E-state index contributed by atoms with van der Waals surface area (Å²) < 4.78 is 10.7. The molecule has 1 aromatic rings. The van der Waals surface area contributed by atoms with E-state index in [0.717, 1.165) is 31.3 Å². The maximum absolute atomic E-state index is 5.50. The van der Waals surface area contributed by atoms with E-state index in [9.17, 15) is 0 Å². The van der Waals surface area contributed by atoms with Crippen molar-refractivity contribution in [2.45, 2.75) is 24.3 Å². The molecule has 1 fully saturated rings. The number of methoxy groups -OCH3 is 1. The van der Waals surface area contributed by atoms with Gasteiger partial charge in [-0.05, 0) is 37.2 Å². The van der Waals surface area contributed by atoms with Crippen molar-refractivity contribution in [2.75, 3.05) is 32.6 Å². The molecule has 2 unspecified atom stereocenters. The lowest BCUT2D eigenvalue weighted by Crippen LogP contribution is -2.38. The van der Waals surface area contributed by atoms with Gasteiger partial charge >= 0.3 is 0 Å². The van der Waals surface area contributed by atoms with E-state index < -0.39 is 0 Å². The lowest BCUT2D eigenvalue weighted by molar-refractivity contribution is 0.179. The number of ether oxygens (including phenoxy) is 2. The molecule has 1 aliphatic rings. The van der Waals surface area contributed by atoms with Gasteiger partial charge in [-0.15, -0.1) is 11.8 Å². The lowest BCUT2D eigenvalue weighted by atomic mass is 10.0. The van der Waals surface area contributed by atoms with Gasteiger partial charge in [0.1, 0.15) is 5.75 Å². The highest BCUT2D eigenvalue weighted by molar-refractivity contribution is 7.99. The molecule has 0 bridgehead atoms. The van der Waals surface area contributed by atoms with Crippen LogP contribution in [-0.2, 0) is 4.74 Å². The van der Waals surface area contributed by atoms with Gasteiger partial charge in [0, 0.05) is 29.2 Å². The predicted octanol–water partition coefficient (Wildman–Crippen LogP) is 2.80. The molecule has 0 spiro atoms. The van der Waals surface area contributed by atoms with Crippen LogP contribution in [0, 0.1) is 5.92 Å². The molecule has 4 heteroatoms. The normalized spacial score (nSPS) is 20.4. The van der Waals surface area contributed by atoms with Crippen LogP contribution in [-0.4, -0.2) is 38.7 Å². The smallest absolute Gasteiger partial charge is 0.118 e. The molecule has 0 aliphatic carbocycles. The Morgan fingerprint density at radius 2 is 2.21 bits per heavy atom. The molecule has 0 saturated carbocycles. The first-order valence-corrected chi connectivity index (χ1v) is 7.90. The van der Waals surface area contributed by atoms with Gasteiger partial charge in [-0.25, -0.2) is 0 Å². The monoisotopic (exact) mass is 281 g/mol. The summed E-state index contributed by atoms with van der Waals surface area (Å²) in [7, 11) is 1.70. The van der Waals surface area contributed by atoms with Gasteiger partial charge in [-0.3, -0.25) is 0 Å². The molecular weight excluding hydrogens is 258 g/mol. The Balaban J connectivity index is 1.86. The molecule has 19 heavy (non-hydrogen) atoms. The third-order valence-corrected chi connectivity index (χ3v) is 4.62.